The van der Waals surface area contributed by atoms with Crippen molar-refractivity contribution >= 4 is 11.5 Å². The number of ether oxygens (including phenoxy) is 2. The molecule has 0 amide bonds. The predicted molar refractivity (Wildman–Crippen MR) is 73.2 cm³/mol. The molecule has 0 saturated carbocycles. The Kier molecular flexibility index (Phi) is 3.83. The molecule has 0 N–H and O–H groups in total. The molecule has 0 heterocycles. The molecule has 0 aliphatic heterocycles. The third kappa shape index (κ3) is 1.92. The highest BCUT2D eigenvalue weighted by Crippen LogP contribution is 2.50. The second-order valence-electron chi connectivity index (χ2n) is 4.36. The van der Waals surface area contributed by atoms with Crippen LogP contribution in [0.4, 0.5) is 5.69 Å². The van der Waals surface area contributed by atoms with E-state index in [1.165, 1.54) is 14.2 Å². The zero-order chi connectivity index (χ0) is 14.3. The third-order valence-corrected chi connectivity index (χ3v) is 3.42. The Hall–Kier alpha value is -2.58. The number of hydrogen-bond acceptors (Lipinski definition) is 4. The lowest BCUT2D eigenvalue weighted by atomic mass is 10.0. The quantitative estimate of drug-likeness (QED) is 0.643. The van der Waals surface area contributed by atoms with Crippen LogP contribution in [0.2, 0.25) is 0 Å². The maximum absolute atomic E-state index is 12.5. The summed E-state index contributed by atoms with van der Waals surface area (Å²) in [7, 11) is 2.95. The van der Waals surface area contributed by atoms with Gasteiger partial charge in [-0.15, -0.1) is 0 Å². The van der Waals surface area contributed by atoms with Gasteiger partial charge in [0.15, 0.2) is 10.8 Å². The molecular formula is C15H11ClN2O3. The summed E-state index contributed by atoms with van der Waals surface area (Å²) in [5, 5.41) is 9.08. The van der Waals surface area contributed by atoms with Crippen LogP contribution in [0, 0.1) is 5.39 Å². The van der Waals surface area contributed by atoms with E-state index < -0.39 is 0 Å². The number of halogens is 1. The monoisotopic (exact) mass is 302 g/mol. The molecule has 3 rings (SSSR count). The summed E-state index contributed by atoms with van der Waals surface area (Å²) in [5.74, 6) is 0.577. The lowest BCUT2D eigenvalue weighted by Crippen LogP contribution is -3.00. The molecule has 0 bridgehead atoms. The number of nitrogens with zero attached hydrogens (tertiary/aromatic N) is 2. The number of fused-ring (bicyclic) bond motifs is 3. The molecule has 106 valence electrons. The normalized spacial score (nSPS) is 11.0. The van der Waals surface area contributed by atoms with Gasteiger partial charge >= 0.3 is 5.69 Å². The first kappa shape index (κ1) is 14.8. The first-order chi connectivity index (χ1) is 9.72. The first-order valence-electron chi connectivity index (χ1n) is 6.01. The average molecular weight is 303 g/mol. The van der Waals surface area contributed by atoms with Gasteiger partial charge in [0.2, 0.25) is 11.1 Å². The van der Waals surface area contributed by atoms with E-state index in [4.69, 9.17) is 14.9 Å². The average Bonchev–Trinajstić information content (AvgIpc) is 2.80. The number of carbonyl (C=O) groups is 1. The van der Waals surface area contributed by atoms with Crippen molar-refractivity contribution < 1.29 is 26.7 Å². The molecular weight excluding hydrogens is 292 g/mol. The lowest BCUT2D eigenvalue weighted by molar-refractivity contribution is -0.0000122. The van der Waals surface area contributed by atoms with E-state index in [0.717, 1.165) is 5.56 Å². The van der Waals surface area contributed by atoms with Crippen LogP contribution < -0.4 is 21.9 Å². The minimum Gasteiger partial charge on any atom is -1.00 e. The molecule has 0 saturated heterocycles. The van der Waals surface area contributed by atoms with Crippen molar-refractivity contribution in [2.24, 2.45) is 0 Å². The van der Waals surface area contributed by atoms with Crippen LogP contribution in [0.5, 0.6) is 11.5 Å². The van der Waals surface area contributed by atoms with Crippen LogP contribution in [0.25, 0.3) is 16.1 Å². The number of ketones is 1. The number of diazo groups is 1. The summed E-state index contributed by atoms with van der Waals surface area (Å²) >= 11 is 0. The third-order valence-electron chi connectivity index (χ3n) is 3.42. The second kappa shape index (κ2) is 5.43. The van der Waals surface area contributed by atoms with E-state index >= 15 is 0 Å². The summed E-state index contributed by atoms with van der Waals surface area (Å²) in [4.78, 5) is 15.7. The van der Waals surface area contributed by atoms with Crippen LogP contribution in [0.1, 0.15) is 15.9 Å². The topological polar surface area (TPSA) is 63.7 Å². The molecule has 6 heteroatoms. The van der Waals surface area contributed by atoms with E-state index in [1.807, 2.05) is 12.1 Å². The predicted octanol–water partition coefficient (Wildman–Crippen LogP) is 0.404. The fourth-order valence-corrected chi connectivity index (χ4v) is 2.59. The summed E-state index contributed by atoms with van der Waals surface area (Å²) in [6.07, 6.45) is 0. The van der Waals surface area contributed by atoms with E-state index in [9.17, 15) is 4.79 Å². The van der Waals surface area contributed by atoms with Crippen molar-refractivity contribution in [3.05, 3.63) is 46.4 Å². The Morgan fingerprint density at radius 3 is 2.29 bits per heavy atom. The molecule has 1 aliphatic carbocycles. The number of hydrogen-bond donors (Lipinski definition) is 0. The van der Waals surface area contributed by atoms with Crippen molar-refractivity contribution in [3.8, 4) is 22.6 Å². The van der Waals surface area contributed by atoms with Gasteiger partial charge in [0.25, 0.3) is 0 Å². The number of methoxy groups -OCH3 is 2. The minimum absolute atomic E-state index is 0. The first-order valence-corrected chi connectivity index (χ1v) is 6.01. The van der Waals surface area contributed by atoms with Gasteiger partial charge in [-0.05, 0) is 5.56 Å². The fourth-order valence-electron chi connectivity index (χ4n) is 2.59. The highest BCUT2D eigenvalue weighted by Gasteiger charge is 2.37. The van der Waals surface area contributed by atoms with Gasteiger partial charge in [-0.2, -0.15) is 0 Å². The number of carbonyl (C=O) groups excluding carboxylic acids is 1. The van der Waals surface area contributed by atoms with Gasteiger partial charge in [0.1, 0.15) is 5.75 Å². The summed E-state index contributed by atoms with van der Waals surface area (Å²) < 4.78 is 10.6. The van der Waals surface area contributed by atoms with Crippen LogP contribution in [0.15, 0.2) is 30.3 Å². The smallest absolute Gasteiger partial charge is 0.430 e. The summed E-state index contributed by atoms with van der Waals surface area (Å²) in [6.45, 7) is 0. The Labute approximate surface area is 127 Å². The van der Waals surface area contributed by atoms with E-state index in [1.54, 1.807) is 18.2 Å². The van der Waals surface area contributed by atoms with Crippen LogP contribution >= 0.6 is 0 Å². The molecule has 0 fully saturated rings. The molecule has 0 atom stereocenters. The van der Waals surface area contributed by atoms with Crippen LogP contribution in [0.3, 0.4) is 0 Å². The maximum Gasteiger partial charge on any atom is 0.430 e. The van der Waals surface area contributed by atoms with Gasteiger partial charge in [0.05, 0.1) is 25.8 Å². The second-order valence-corrected chi connectivity index (χ2v) is 4.36. The molecule has 2 aromatic carbocycles. The SMILES string of the molecule is COc1cc([N+]#N)c(OC)c2c1-c1ccccc1C2=O.[Cl-]. The van der Waals surface area contributed by atoms with Crippen LogP contribution in [-0.2, 0) is 0 Å². The molecule has 0 spiro atoms. The highest BCUT2D eigenvalue weighted by atomic mass is 35.5. The Bertz CT molecular complexity index is 781. The van der Waals surface area contributed by atoms with Gasteiger partial charge in [-0.25, -0.2) is 0 Å². The summed E-state index contributed by atoms with van der Waals surface area (Å²) in [6, 6.07) is 8.83. The largest absolute Gasteiger partial charge is 1.00 e. The fraction of sp³-hybridized carbons (Fsp3) is 0.133. The van der Waals surface area contributed by atoms with Gasteiger partial charge in [-0.3, -0.25) is 4.79 Å². The minimum atomic E-state index is -0.156. The zero-order valence-corrected chi connectivity index (χ0v) is 12.1. The van der Waals surface area contributed by atoms with Gasteiger partial charge < -0.3 is 21.9 Å². The molecule has 5 nitrogen and oxygen atoms in total. The van der Waals surface area contributed by atoms with Gasteiger partial charge in [0, 0.05) is 11.1 Å². The van der Waals surface area contributed by atoms with E-state index in [2.05, 4.69) is 4.98 Å². The Balaban J connectivity index is 0.00000161. The highest BCUT2D eigenvalue weighted by molar-refractivity contribution is 6.25. The molecule has 1 aliphatic rings. The van der Waals surface area contributed by atoms with Crippen molar-refractivity contribution in [1.82, 2.24) is 0 Å². The molecule has 0 radical (unpaired) electrons. The summed E-state index contributed by atoms with van der Waals surface area (Å²) in [5.41, 5.74) is 2.61. The number of rotatable bonds is 2. The molecule has 0 aromatic heterocycles. The van der Waals surface area contributed by atoms with Gasteiger partial charge in [-0.1, -0.05) is 24.3 Å². The van der Waals surface area contributed by atoms with E-state index in [-0.39, 0.29) is 29.6 Å². The van der Waals surface area contributed by atoms with Crippen LogP contribution in [-0.4, -0.2) is 20.0 Å². The standard InChI is InChI=1S/C15H11N2O3.ClH/c1-19-11-7-10(17-16)15(20-2)13-12(11)8-5-3-4-6-9(8)14(13)18;/h3-7H,1-2H3;1H/q+1;/p-1. The van der Waals surface area contributed by atoms with E-state index in [0.29, 0.717) is 22.4 Å². The zero-order valence-electron chi connectivity index (χ0n) is 11.4. The lowest BCUT2D eigenvalue weighted by Gasteiger charge is -2.08. The van der Waals surface area contributed by atoms with Crippen molar-refractivity contribution in [3.63, 3.8) is 0 Å². The molecule has 21 heavy (non-hydrogen) atoms. The molecule has 0 unspecified atom stereocenters. The Morgan fingerprint density at radius 1 is 1.05 bits per heavy atom. The number of benzene rings is 2. The Morgan fingerprint density at radius 2 is 1.71 bits per heavy atom. The van der Waals surface area contributed by atoms with Crippen molar-refractivity contribution in [2.75, 3.05) is 14.2 Å². The van der Waals surface area contributed by atoms with Crippen molar-refractivity contribution in [2.45, 2.75) is 0 Å². The molecule has 2 aromatic rings. The van der Waals surface area contributed by atoms with Crippen molar-refractivity contribution in [1.29, 1.82) is 5.39 Å². The maximum atomic E-state index is 12.5.